The van der Waals surface area contributed by atoms with Crippen molar-refractivity contribution in [2.45, 2.75) is 70.6 Å². The fourth-order valence-corrected chi connectivity index (χ4v) is 5.35. The molecule has 3 N–H and O–H groups in total. The first-order chi connectivity index (χ1) is 19.1. The largest absolute Gasteiger partial charge is 0.380 e. The molecule has 0 spiro atoms. The fraction of sp³-hybridized carbons (Fsp3) is 0.481. The third-order valence-corrected chi connectivity index (χ3v) is 7.37. The van der Waals surface area contributed by atoms with Crippen molar-refractivity contribution in [1.29, 1.82) is 0 Å². The van der Waals surface area contributed by atoms with Gasteiger partial charge in [0.15, 0.2) is 0 Å². The molecule has 13 nitrogen and oxygen atoms in total. The van der Waals surface area contributed by atoms with Crippen LogP contribution < -0.4 is 10.6 Å². The number of piperidine rings is 2. The molecule has 1 aromatic carbocycles. The lowest BCUT2D eigenvalue weighted by molar-refractivity contribution is -0.177. The minimum atomic E-state index is -1.46. The number of nitrogens with one attached hydrogen (secondary N) is 2. The van der Waals surface area contributed by atoms with Crippen LogP contribution in [0, 0.1) is 0 Å². The van der Waals surface area contributed by atoms with E-state index in [0.29, 0.717) is 38.2 Å². The van der Waals surface area contributed by atoms with Gasteiger partial charge < -0.3 is 20.1 Å². The lowest BCUT2D eigenvalue weighted by Crippen LogP contribution is -2.54. The number of fused-ring (bicyclic) bond motifs is 1. The van der Waals surface area contributed by atoms with Crippen molar-refractivity contribution in [3.63, 3.8) is 0 Å². The number of aliphatic hydroxyl groups excluding tert-OH is 1. The van der Waals surface area contributed by atoms with E-state index in [-0.39, 0.29) is 36.1 Å². The molecule has 1 unspecified atom stereocenters. The number of anilines is 1. The molecule has 2 aromatic rings. The van der Waals surface area contributed by atoms with Gasteiger partial charge in [-0.1, -0.05) is 6.07 Å². The van der Waals surface area contributed by atoms with Gasteiger partial charge in [0.25, 0.3) is 17.7 Å². The minimum absolute atomic E-state index is 0.0583. The van der Waals surface area contributed by atoms with E-state index in [1.165, 1.54) is 0 Å². The summed E-state index contributed by atoms with van der Waals surface area (Å²) >= 11 is 0. The summed E-state index contributed by atoms with van der Waals surface area (Å²) in [5, 5.41) is 19.9. The van der Waals surface area contributed by atoms with Crippen molar-refractivity contribution in [1.82, 2.24) is 24.9 Å². The predicted molar refractivity (Wildman–Crippen MR) is 140 cm³/mol. The first kappa shape index (κ1) is 27.5. The van der Waals surface area contributed by atoms with E-state index >= 15 is 0 Å². The standard InChI is InChI=1S/C27H32N6O7/c1-15(2)40-27(39)26(38)31-10-8-17(9-11-31)32-14-16(13-29-32)12-28-19-5-3-4-18-22(19)25(37)33(24(18)36)20-6-7-21(34)30-23(20)35/h3-5,13-15,17,20,27-28,39H,6-12H2,1-2H3,(H,30,34,35)/t20?,27-/m0/s1. The molecule has 5 rings (SSSR count). The van der Waals surface area contributed by atoms with Crippen molar-refractivity contribution in [2.75, 3.05) is 18.4 Å². The first-order valence-corrected chi connectivity index (χ1v) is 13.4. The normalized spacial score (nSPS) is 20.6. The van der Waals surface area contributed by atoms with Crippen LogP contribution in [0.1, 0.15) is 71.9 Å². The zero-order chi connectivity index (χ0) is 28.6. The zero-order valence-corrected chi connectivity index (χ0v) is 22.3. The number of ether oxygens (including phenoxy) is 1. The average molecular weight is 553 g/mol. The number of amides is 5. The number of rotatable bonds is 8. The van der Waals surface area contributed by atoms with Crippen LogP contribution in [-0.2, 0) is 25.7 Å². The van der Waals surface area contributed by atoms with Gasteiger partial charge in [0.05, 0.1) is 29.5 Å². The van der Waals surface area contributed by atoms with Gasteiger partial charge in [-0.25, -0.2) is 0 Å². The molecule has 2 saturated heterocycles. The molecular formula is C27H32N6O7. The van der Waals surface area contributed by atoms with E-state index in [9.17, 15) is 29.1 Å². The molecular weight excluding hydrogens is 520 g/mol. The van der Waals surface area contributed by atoms with Gasteiger partial charge in [-0.05, 0) is 45.2 Å². The molecule has 40 heavy (non-hydrogen) atoms. The first-order valence-electron chi connectivity index (χ1n) is 13.4. The predicted octanol–water partition coefficient (Wildman–Crippen LogP) is 0.803. The van der Waals surface area contributed by atoms with E-state index in [2.05, 4.69) is 15.7 Å². The highest BCUT2D eigenvalue weighted by Gasteiger charge is 2.45. The fourth-order valence-electron chi connectivity index (χ4n) is 5.35. The van der Waals surface area contributed by atoms with Gasteiger partial charge >= 0.3 is 0 Å². The number of hydrogen-bond donors (Lipinski definition) is 3. The number of aromatic nitrogens is 2. The van der Waals surface area contributed by atoms with E-state index in [1.807, 2.05) is 10.9 Å². The van der Waals surface area contributed by atoms with Crippen molar-refractivity contribution in [3.05, 3.63) is 47.3 Å². The van der Waals surface area contributed by atoms with Gasteiger partial charge in [-0.2, -0.15) is 5.10 Å². The quantitative estimate of drug-likeness (QED) is 0.318. The summed E-state index contributed by atoms with van der Waals surface area (Å²) in [6.07, 6.45) is 3.40. The molecule has 3 aliphatic heterocycles. The van der Waals surface area contributed by atoms with E-state index in [0.717, 1.165) is 10.5 Å². The lowest BCUT2D eigenvalue weighted by Gasteiger charge is -2.33. The highest BCUT2D eigenvalue weighted by atomic mass is 16.6. The van der Waals surface area contributed by atoms with Gasteiger partial charge in [0.2, 0.25) is 18.1 Å². The Bertz CT molecular complexity index is 1350. The van der Waals surface area contributed by atoms with Gasteiger partial charge in [-0.15, -0.1) is 0 Å². The Kier molecular flexibility index (Phi) is 7.68. The Hall–Kier alpha value is -4.10. The van der Waals surface area contributed by atoms with Crippen LogP contribution in [0.4, 0.5) is 5.69 Å². The van der Waals surface area contributed by atoms with E-state index in [1.54, 1.807) is 43.1 Å². The maximum absolute atomic E-state index is 13.3. The molecule has 13 heteroatoms. The molecule has 0 aliphatic carbocycles. The van der Waals surface area contributed by atoms with Gasteiger partial charge in [0.1, 0.15) is 6.04 Å². The van der Waals surface area contributed by atoms with E-state index in [4.69, 9.17) is 4.74 Å². The maximum atomic E-state index is 13.3. The summed E-state index contributed by atoms with van der Waals surface area (Å²) in [4.78, 5) is 65.1. The Morgan fingerprint density at radius 2 is 1.90 bits per heavy atom. The van der Waals surface area contributed by atoms with Crippen LogP contribution >= 0.6 is 0 Å². The summed E-state index contributed by atoms with van der Waals surface area (Å²) in [5.41, 5.74) is 1.73. The van der Waals surface area contributed by atoms with Crippen LogP contribution in [0.3, 0.4) is 0 Å². The van der Waals surface area contributed by atoms with Crippen LogP contribution in [0.2, 0.25) is 0 Å². The Morgan fingerprint density at radius 1 is 1.15 bits per heavy atom. The molecule has 0 bridgehead atoms. The second kappa shape index (κ2) is 11.2. The lowest BCUT2D eigenvalue weighted by atomic mass is 10.0. The number of nitrogens with zero attached hydrogens (tertiary/aromatic N) is 4. The minimum Gasteiger partial charge on any atom is -0.380 e. The van der Waals surface area contributed by atoms with Crippen molar-refractivity contribution < 1.29 is 33.8 Å². The molecule has 5 amide bonds. The number of carbonyl (C=O) groups is 5. The van der Waals surface area contributed by atoms with Crippen molar-refractivity contribution in [2.24, 2.45) is 0 Å². The summed E-state index contributed by atoms with van der Waals surface area (Å²) in [6, 6.07) is 3.98. The SMILES string of the molecule is CC(C)O[C@H](O)C(=O)N1CCC(n2cc(CNc3cccc4c3C(=O)N(C3CCC(=O)NC3=O)C4=O)cn2)CC1. The number of likely N-dealkylation sites (tertiary alicyclic amines) is 1. The topological polar surface area (TPSA) is 163 Å². The summed E-state index contributed by atoms with van der Waals surface area (Å²) < 4.78 is 7.05. The van der Waals surface area contributed by atoms with Crippen LogP contribution in [0.15, 0.2) is 30.6 Å². The molecule has 212 valence electrons. The summed E-state index contributed by atoms with van der Waals surface area (Å²) in [6.45, 7) is 4.81. The molecule has 2 atom stereocenters. The molecule has 0 saturated carbocycles. The Morgan fingerprint density at radius 3 is 2.60 bits per heavy atom. The highest BCUT2D eigenvalue weighted by Crippen LogP contribution is 2.32. The van der Waals surface area contributed by atoms with Crippen molar-refractivity contribution >= 4 is 35.2 Å². The second-order valence-electron chi connectivity index (χ2n) is 10.5. The number of benzene rings is 1. The van der Waals surface area contributed by atoms with Gasteiger partial charge in [0, 0.05) is 43.5 Å². The average Bonchev–Trinajstić information content (AvgIpc) is 3.50. The van der Waals surface area contributed by atoms with Gasteiger partial charge in [-0.3, -0.25) is 38.9 Å². The number of imide groups is 2. The Labute approximate surface area is 230 Å². The monoisotopic (exact) mass is 552 g/mol. The number of hydrogen-bond acceptors (Lipinski definition) is 9. The van der Waals surface area contributed by atoms with Crippen LogP contribution in [0.25, 0.3) is 0 Å². The van der Waals surface area contributed by atoms with Crippen molar-refractivity contribution in [3.8, 4) is 0 Å². The summed E-state index contributed by atoms with van der Waals surface area (Å²) in [5.74, 6) is -2.63. The molecule has 4 heterocycles. The van der Waals surface area contributed by atoms with Crippen LogP contribution in [-0.4, -0.2) is 85.7 Å². The maximum Gasteiger partial charge on any atom is 0.279 e. The number of aliphatic hydroxyl groups is 1. The van der Waals surface area contributed by atoms with Crippen LogP contribution in [0.5, 0.6) is 0 Å². The zero-order valence-electron chi connectivity index (χ0n) is 22.3. The smallest absolute Gasteiger partial charge is 0.279 e. The molecule has 3 aliphatic rings. The second-order valence-corrected chi connectivity index (χ2v) is 10.5. The number of carbonyl (C=O) groups excluding carboxylic acids is 5. The molecule has 0 radical (unpaired) electrons. The summed E-state index contributed by atoms with van der Waals surface area (Å²) in [7, 11) is 0. The molecule has 1 aromatic heterocycles. The third kappa shape index (κ3) is 5.34. The van der Waals surface area contributed by atoms with E-state index < -0.39 is 41.9 Å². The Balaban J connectivity index is 1.20. The third-order valence-electron chi connectivity index (χ3n) is 7.37. The molecule has 2 fully saturated rings. The highest BCUT2D eigenvalue weighted by molar-refractivity contribution is 6.25.